The summed E-state index contributed by atoms with van der Waals surface area (Å²) in [5.74, 6) is -0.190. The molecule has 3 rings (SSSR count). The molecular formula is C25H35N3O2. The van der Waals surface area contributed by atoms with Gasteiger partial charge < -0.3 is 10.6 Å². The lowest BCUT2D eigenvalue weighted by Crippen LogP contribution is -2.51. The van der Waals surface area contributed by atoms with Gasteiger partial charge in [0.05, 0.1) is 6.42 Å². The van der Waals surface area contributed by atoms with Crippen molar-refractivity contribution in [1.82, 2.24) is 15.5 Å². The van der Waals surface area contributed by atoms with Crippen molar-refractivity contribution >= 4 is 22.6 Å². The SMILES string of the molecule is CC(C)C(NC(=O)Cc1ccc2ccccc2c1)C(=O)NCCN1CCCCC1C. The van der Waals surface area contributed by atoms with Crippen LogP contribution < -0.4 is 10.6 Å². The van der Waals surface area contributed by atoms with E-state index >= 15 is 0 Å². The van der Waals surface area contributed by atoms with E-state index in [9.17, 15) is 9.59 Å². The summed E-state index contributed by atoms with van der Waals surface area (Å²) < 4.78 is 0. The van der Waals surface area contributed by atoms with Crippen molar-refractivity contribution in [1.29, 1.82) is 0 Å². The highest BCUT2D eigenvalue weighted by molar-refractivity contribution is 5.89. The van der Waals surface area contributed by atoms with Crippen molar-refractivity contribution in [2.45, 2.75) is 58.5 Å². The summed E-state index contributed by atoms with van der Waals surface area (Å²) in [5, 5.41) is 8.25. The Morgan fingerprint density at radius 2 is 1.87 bits per heavy atom. The molecule has 0 radical (unpaired) electrons. The number of rotatable bonds is 8. The molecule has 0 aliphatic carbocycles. The van der Waals surface area contributed by atoms with E-state index in [-0.39, 0.29) is 24.2 Å². The molecule has 5 heteroatoms. The number of nitrogens with one attached hydrogen (secondary N) is 2. The third kappa shape index (κ3) is 6.05. The number of piperidine rings is 1. The van der Waals surface area contributed by atoms with Crippen molar-refractivity contribution in [2.24, 2.45) is 5.92 Å². The number of carbonyl (C=O) groups is 2. The van der Waals surface area contributed by atoms with Crippen LogP contribution in [0.2, 0.25) is 0 Å². The van der Waals surface area contributed by atoms with Gasteiger partial charge in [0.15, 0.2) is 0 Å². The maximum atomic E-state index is 12.7. The fourth-order valence-electron chi connectivity index (χ4n) is 4.22. The van der Waals surface area contributed by atoms with Gasteiger partial charge in [-0.15, -0.1) is 0 Å². The largest absolute Gasteiger partial charge is 0.353 e. The topological polar surface area (TPSA) is 61.4 Å². The van der Waals surface area contributed by atoms with Gasteiger partial charge >= 0.3 is 0 Å². The van der Waals surface area contributed by atoms with Crippen molar-refractivity contribution in [3.63, 3.8) is 0 Å². The minimum atomic E-state index is -0.517. The molecule has 162 valence electrons. The number of benzene rings is 2. The Labute approximate surface area is 180 Å². The third-order valence-corrected chi connectivity index (χ3v) is 6.08. The maximum Gasteiger partial charge on any atom is 0.242 e. The summed E-state index contributed by atoms with van der Waals surface area (Å²) in [5.41, 5.74) is 0.952. The maximum absolute atomic E-state index is 12.7. The molecule has 0 saturated carbocycles. The summed E-state index contributed by atoms with van der Waals surface area (Å²) in [6, 6.07) is 14.2. The Bertz CT molecular complexity index is 864. The zero-order valence-corrected chi connectivity index (χ0v) is 18.5. The van der Waals surface area contributed by atoms with Gasteiger partial charge in [-0.2, -0.15) is 0 Å². The lowest BCUT2D eigenvalue weighted by Gasteiger charge is -2.33. The average molecular weight is 410 g/mol. The van der Waals surface area contributed by atoms with E-state index in [0.717, 1.165) is 29.4 Å². The van der Waals surface area contributed by atoms with Crippen LogP contribution in [0.1, 0.15) is 45.6 Å². The molecule has 2 aromatic rings. The smallest absolute Gasteiger partial charge is 0.242 e. The lowest BCUT2D eigenvalue weighted by atomic mass is 10.0. The van der Waals surface area contributed by atoms with Gasteiger partial charge in [0.2, 0.25) is 11.8 Å². The molecule has 1 saturated heterocycles. The van der Waals surface area contributed by atoms with Crippen LogP contribution in [0, 0.1) is 5.92 Å². The normalized spacial score (nSPS) is 18.3. The van der Waals surface area contributed by atoms with E-state index in [1.807, 2.05) is 50.2 Å². The molecule has 0 spiro atoms. The molecule has 2 aromatic carbocycles. The van der Waals surface area contributed by atoms with Gasteiger partial charge in [-0.1, -0.05) is 62.7 Å². The summed E-state index contributed by atoms with van der Waals surface area (Å²) in [4.78, 5) is 27.8. The van der Waals surface area contributed by atoms with Crippen LogP contribution in [-0.2, 0) is 16.0 Å². The first-order valence-electron chi connectivity index (χ1n) is 11.2. The second-order valence-corrected chi connectivity index (χ2v) is 8.82. The van der Waals surface area contributed by atoms with Gasteiger partial charge in [0.1, 0.15) is 6.04 Å². The van der Waals surface area contributed by atoms with Crippen molar-refractivity contribution in [3.8, 4) is 0 Å². The first-order chi connectivity index (χ1) is 14.4. The molecule has 30 heavy (non-hydrogen) atoms. The number of fused-ring (bicyclic) bond motifs is 1. The second-order valence-electron chi connectivity index (χ2n) is 8.82. The first-order valence-corrected chi connectivity index (χ1v) is 11.2. The monoisotopic (exact) mass is 409 g/mol. The Morgan fingerprint density at radius 1 is 1.10 bits per heavy atom. The quantitative estimate of drug-likeness (QED) is 0.701. The Hall–Kier alpha value is -2.40. The van der Waals surface area contributed by atoms with Crippen LogP contribution in [0.25, 0.3) is 10.8 Å². The minimum absolute atomic E-state index is 0.0273. The number of nitrogens with zero attached hydrogens (tertiary/aromatic N) is 1. The Kier molecular flexibility index (Phi) is 7.86. The van der Waals surface area contributed by atoms with Crippen molar-refractivity contribution in [2.75, 3.05) is 19.6 Å². The molecule has 5 nitrogen and oxygen atoms in total. The number of hydrogen-bond donors (Lipinski definition) is 2. The van der Waals surface area contributed by atoms with E-state index < -0.39 is 6.04 Å². The first kappa shape index (κ1) is 22.3. The van der Waals surface area contributed by atoms with Crippen molar-refractivity contribution < 1.29 is 9.59 Å². The molecule has 2 N–H and O–H groups in total. The second kappa shape index (κ2) is 10.6. The summed E-state index contributed by atoms with van der Waals surface area (Å²) in [6.07, 6.45) is 4.03. The van der Waals surface area contributed by atoms with Gasteiger partial charge in [0.25, 0.3) is 0 Å². The van der Waals surface area contributed by atoms with E-state index in [2.05, 4.69) is 28.5 Å². The van der Waals surface area contributed by atoms with Crippen LogP contribution in [0.3, 0.4) is 0 Å². The fourth-order valence-corrected chi connectivity index (χ4v) is 4.22. The predicted molar refractivity (Wildman–Crippen MR) is 122 cm³/mol. The number of amides is 2. The fraction of sp³-hybridized carbons (Fsp3) is 0.520. The van der Waals surface area contributed by atoms with Crippen LogP contribution in [-0.4, -0.2) is 48.4 Å². The summed E-state index contributed by atoms with van der Waals surface area (Å²) >= 11 is 0. The van der Waals surface area contributed by atoms with Gasteiger partial charge in [-0.25, -0.2) is 0 Å². The van der Waals surface area contributed by atoms with Gasteiger partial charge in [-0.3, -0.25) is 14.5 Å². The van der Waals surface area contributed by atoms with E-state index in [0.29, 0.717) is 12.6 Å². The van der Waals surface area contributed by atoms with E-state index in [1.54, 1.807) is 0 Å². The van der Waals surface area contributed by atoms with Crippen LogP contribution in [0.5, 0.6) is 0 Å². The molecule has 1 aliphatic heterocycles. The average Bonchev–Trinajstić information content (AvgIpc) is 2.73. The standard InChI is InChI=1S/C25H35N3O2/c1-18(2)24(25(30)26-13-15-28-14-7-6-8-19(28)3)27-23(29)17-20-11-12-21-9-4-5-10-22(21)16-20/h4-5,9-12,16,18-19,24H,6-8,13-15,17H2,1-3H3,(H,26,30)(H,27,29). The molecular weight excluding hydrogens is 374 g/mol. The number of carbonyl (C=O) groups excluding carboxylic acids is 2. The van der Waals surface area contributed by atoms with Crippen LogP contribution >= 0.6 is 0 Å². The van der Waals surface area contributed by atoms with Crippen LogP contribution in [0.4, 0.5) is 0 Å². The Balaban J connectivity index is 1.51. The Morgan fingerprint density at radius 3 is 2.60 bits per heavy atom. The van der Waals surface area contributed by atoms with Gasteiger partial charge in [-0.05, 0) is 48.6 Å². The summed E-state index contributed by atoms with van der Waals surface area (Å²) in [6.45, 7) is 8.77. The molecule has 1 heterocycles. The van der Waals surface area contributed by atoms with Gasteiger partial charge in [0, 0.05) is 19.1 Å². The molecule has 0 aromatic heterocycles. The highest BCUT2D eigenvalue weighted by Crippen LogP contribution is 2.17. The zero-order chi connectivity index (χ0) is 21.5. The molecule has 2 amide bonds. The number of likely N-dealkylation sites (tertiary alicyclic amines) is 1. The highest BCUT2D eigenvalue weighted by atomic mass is 16.2. The molecule has 1 fully saturated rings. The number of hydrogen-bond acceptors (Lipinski definition) is 3. The molecule has 2 atom stereocenters. The van der Waals surface area contributed by atoms with Crippen molar-refractivity contribution in [3.05, 3.63) is 48.0 Å². The van der Waals surface area contributed by atoms with E-state index in [1.165, 1.54) is 19.3 Å². The minimum Gasteiger partial charge on any atom is -0.353 e. The lowest BCUT2D eigenvalue weighted by molar-refractivity contribution is -0.129. The zero-order valence-electron chi connectivity index (χ0n) is 18.5. The predicted octanol–water partition coefficient (Wildman–Crippen LogP) is 3.51. The van der Waals surface area contributed by atoms with E-state index in [4.69, 9.17) is 0 Å². The molecule has 0 bridgehead atoms. The summed E-state index contributed by atoms with van der Waals surface area (Å²) in [7, 11) is 0. The molecule has 1 aliphatic rings. The third-order valence-electron chi connectivity index (χ3n) is 6.08. The molecule has 2 unspecified atom stereocenters. The highest BCUT2D eigenvalue weighted by Gasteiger charge is 2.24. The van der Waals surface area contributed by atoms with Crippen LogP contribution in [0.15, 0.2) is 42.5 Å².